The molecule has 0 amide bonds. The van der Waals surface area contributed by atoms with E-state index >= 15 is 0 Å². The SMILES string of the molecule is O=C(c1c(Cc2ccccc2)ccc2ccccc12)c1c(Cc2ccccc2)ccc2ccccc12. The first kappa shape index (κ1) is 22.0. The summed E-state index contributed by atoms with van der Waals surface area (Å²) in [5.74, 6) is 0.0977. The van der Waals surface area contributed by atoms with Gasteiger partial charge in [0.1, 0.15) is 0 Å². The minimum Gasteiger partial charge on any atom is -0.289 e. The van der Waals surface area contributed by atoms with Gasteiger partial charge in [-0.25, -0.2) is 0 Å². The zero-order valence-corrected chi connectivity index (χ0v) is 20.0. The van der Waals surface area contributed by atoms with Gasteiger partial charge in [0, 0.05) is 11.1 Å². The topological polar surface area (TPSA) is 17.1 Å². The molecule has 6 aromatic carbocycles. The molecule has 0 aliphatic carbocycles. The van der Waals surface area contributed by atoms with E-state index in [4.69, 9.17) is 0 Å². The van der Waals surface area contributed by atoms with E-state index in [0.29, 0.717) is 12.8 Å². The number of rotatable bonds is 6. The van der Waals surface area contributed by atoms with Crippen LogP contribution in [-0.2, 0) is 12.8 Å². The fraction of sp³-hybridized carbons (Fsp3) is 0.0571. The molecule has 0 heterocycles. The number of hydrogen-bond donors (Lipinski definition) is 0. The second kappa shape index (κ2) is 9.64. The standard InChI is InChI=1S/C35H26O/c36-35(33-29(23-25-11-3-1-4-12-25)21-19-27-15-7-9-17-31(27)33)34-30(24-26-13-5-2-6-14-26)22-20-28-16-8-10-18-32(28)34/h1-22H,23-24H2. The third-order valence-corrected chi connectivity index (χ3v) is 6.96. The summed E-state index contributed by atoms with van der Waals surface area (Å²) in [5, 5.41) is 4.19. The van der Waals surface area contributed by atoms with Crippen molar-refractivity contribution in [3.05, 3.63) is 167 Å². The van der Waals surface area contributed by atoms with Crippen LogP contribution in [0.4, 0.5) is 0 Å². The largest absolute Gasteiger partial charge is 0.289 e. The Kier molecular flexibility index (Phi) is 5.89. The maximum atomic E-state index is 14.7. The van der Waals surface area contributed by atoms with Gasteiger partial charge in [-0.05, 0) is 56.6 Å². The molecule has 0 unspecified atom stereocenters. The predicted octanol–water partition coefficient (Wildman–Crippen LogP) is 8.41. The van der Waals surface area contributed by atoms with E-state index in [-0.39, 0.29) is 5.78 Å². The molecule has 36 heavy (non-hydrogen) atoms. The first-order chi connectivity index (χ1) is 17.8. The van der Waals surface area contributed by atoms with E-state index < -0.39 is 0 Å². The van der Waals surface area contributed by atoms with Crippen LogP contribution >= 0.6 is 0 Å². The highest BCUT2D eigenvalue weighted by Crippen LogP contribution is 2.32. The third kappa shape index (κ3) is 4.21. The van der Waals surface area contributed by atoms with Gasteiger partial charge in [-0.2, -0.15) is 0 Å². The summed E-state index contributed by atoms with van der Waals surface area (Å²) < 4.78 is 0. The monoisotopic (exact) mass is 462 g/mol. The van der Waals surface area contributed by atoms with E-state index in [0.717, 1.165) is 43.8 Å². The molecule has 0 spiro atoms. The van der Waals surface area contributed by atoms with Crippen LogP contribution in [0.15, 0.2) is 133 Å². The number of carbonyl (C=O) groups excluding carboxylic acids is 1. The van der Waals surface area contributed by atoms with Gasteiger partial charge >= 0.3 is 0 Å². The average Bonchev–Trinajstić information content (AvgIpc) is 2.93. The zero-order chi connectivity index (χ0) is 24.3. The molecule has 0 aliphatic heterocycles. The van der Waals surface area contributed by atoms with Crippen LogP contribution in [0, 0.1) is 0 Å². The lowest BCUT2D eigenvalue weighted by Crippen LogP contribution is -2.11. The molecular formula is C35H26O. The summed E-state index contributed by atoms with van der Waals surface area (Å²) >= 11 is 0. The van der Waals surface area contributed by atoms with Crippen molar-refractivity contribution in [1.29, 1.82) is 0 Å². The fourth-order valence-electron chi connectivity index (χ4n) is 5.22. The third-order valence-electron chi connectivity index (χ3n) is 6.96. The van der Waals surface area contributed by atoms with Gasteiger partial charge in [0.15, 0.2) is 5.78 Å². The number of benzene rings is 6. The summed E-state index contributed by atoms with van der Waals surface area (Å²) in [6, 6.07) is 45.8. The fourth-order valence-corrected chi connectivity index (χ4v) is 5.22. The van der Waals surface area contributed by atoms with Crippen molar-refractivity contribution in [1.82, 2.24) is 0 Å². The van der Waals surface area contributed by atoms with Gasteiger partial charge in [-0.15, -0.1) is 0 Å². The molecule has 6 rings (SSSR count). The Bertz CT molecular complexity index is 1550. The predicted molar refractivity (Wildman–Crippen MR) is 150 cm³/mol. The highest BCUT2D eigenvalue weighted by Gasteiger charge is 2.22. The molecule has 0 radical (unpaired) electrons. The van der Waals surface area contributed by atoms with E-state index in [2.05, 4.69) is 97.1 Å². The molecule has 0 atom stereocenters. The molecule has 1 nitrogen and oxygen atoms in total. The lowest BCUT2D eigenvalue weighted by Gasteiger charge is -2.17. The summed E-state index contributed by atoms with van der Waals surface area (Å²) in [6.07, 6.45) is 1.43. The van der Waals surface area contributed by atoms with Crippen LogP contribution < -0.4 is 0 Å². The Hall–Kier alpha value is -4.49. The van der Waals surface area contributed by atoms with E-state index in [9.17, 15) is 4.79 Å². The van der Waals surface area contributed by atoms with Crippen LogP contribution in [0.5, 0.6) is 0 Å². The Labute approximate surface area is 211 Å². The molecule has 0 aromatic heterocycles. The lowest BCUT2D eigenvalue weighted by atomic mass is 9.85. The second-order valence-electron chi connectivity index (χ2n) is 9.30. The maximum Gasteiger partial charge on any atom is 0.194 e. The normalized spacial score (nSPS) is 11.1. The van der Waals surface area contributed by atoms with Crippen LogP contribution in [0.2, 0.25) is 0 Å². The summed E-state index contributed by atoms with van der Waals surface area (Å²) in [5.41, 5.74) is 6.13. The molecule has 0 bridgehead atoms. The highest BCUT2D eigenvalue weighted by atomic mass is 16.1. The zero-order valence-electron chi connectivity index (χ0n) is 20.0. The first-order valence-corrected chi connectivity index (χ1v) is 12.4. The van der Waals surface area contributed by atoms with Crippen LogP contribution in [0.1, 0.15) is 38.2 Å². The average molecular weight is 463 g/mol. The molecule has 0 aliphatic rings. The van der Waals surface area contributed by atoms with E-state index in [1.807, 2.05) is 36.4 Å². The minimum absolute atomic E-state index is 0.0977. The smallest absolute Gasteiger partial charge is 0.194 e. The Balaban J connectivity index is 1.58. The molecule has 6 aromatic rings. The van der Waals surface area contributed by atoms with Crippen LogP contribution in [-0.4, -0.2) is 5.78 Å². The molecular weight excluding hydrogens is 436 g/mol. The van der Waals surface area contributed by atoms with Crippen molar-refractivity contribution in [2.75, 3.05) is 0 Å². The summed E-state index contributed by atoms with van der Waals surface area (Å²) in [7, 11) is 0. The maximum absolute atomic E-state index is 14.7. The Morgan fingerprint density at radius 1 is 0.417 bits per heavy atom. The Morgan fingerprint density at radius 3 is 1.25 bits per heavy atom. The molecule has 0 saturated carbocycles. The van der Waals surface area contributed by atoms with Crippen molar-refractivity contribution >= 4 is 27.3 Å². The summed E-state index contributed by atoms with van der Waals surface area (Å²) in [4.78, 5) is 14.7. The lowest BCUT2D eigenvalue weighted by molar-refractivity contribution is 0.104. The van der Waals surface area contributed by atoms with E-state index in [1.54, 1.807) is 0 Å². The number of ketones is 1. The number of carbonyl (C=O) groups is 1. The van der Waals surface area contributed by atoms with Gasteiger partial charge in [-0.3, -0.25) is 4.79 Å². The summed E-state index contributed by atoms with van der Waals surface area (Å²) in [6.45, 7) is 0. The van der Waals surface area contributed by atoms with Crippen molar-refractivity contribution < 1.29 is 4.79 Å². The second-order valence-corrected chi connectivity index (χ2v) is 9.30. The molecule has 1 heteroatoms. The van der Waals surface area contributed by atoms with Gasteiger partial charge in [0.05, 0.1) is 0 Å². The molecule has 0 N–H and O–H groups in total. The molecule has 0 saturated heterocycles. The number of hydrogen-bond acceptors (Lipinski definition) is 1. The van der Waals surface area contributed by atoms with Crippen molar-refractivity contribution in [2.45, 2.75) is 12.8 Å². The quantitative estimate of drug-likeness (QED) is 0.227. The molecule has 172 valence electrons. The van der Waals surface area contributed by atoms with Crippen LogP contribution in [0.25, 0.3) is 21.5 Å². The van der Waals surface area contributed by atoms with Crippen molar-refractivity contribution in [2.24, 2.45) is 0 Å². The van der Waals surface area contributed by atoms with E-state index in [1.165, 1.54) is 11.1 Å². The van der Waals surface area contributed by atoms with Gasteiger partial charge in [-0.1, -0.05) is 133 Å². The minimum atomic E-state index is 0.0977. The van der Waals surface area contributed by atoms with Crippen molar-refractivity contribution in [3.8, 4) is 0 Å². The first-order valence-electron chi connectivity index (χ1n) is 12.4. The van der Waals surface area contributed by atoms with Gasteiger partial charge < -0.3 is 0 Å². The number of fused-ring (bicyclic) bond motifs is 2. The van der Waals surface area contributed by atoms with Crippen LogP contribution in [0.3, 0.4) is 0 Å². The molecule has 0 fully saturated rings. The highest BCUT2D eigenvalue weighted by molar-refractivity contribution is 6.23. The van der Waals surface area contributed by atoms with Crippen molar-refractivity contribution in [3.63, 3.8) is 0 Å². The van der Waals surface area contributed by atoms with Gasteiger partial charge in [0.25, 0.3) is 0 Å². The van der Waals surface area contributed by atoms with Gasteiger partial charge in [0.2, 0.25) is 0 Å². The Morgan fingerprint density at radius 2 is 0.806 bits per heavy atom.